The minimum atomic E-state index is -0.514. The van der Waals surface area contributed by atoms with E-state index in [1.54, 1.807) is 25.1 Å². The highest BCUT2D eigenvalue weighted by atomic mass is 16.5. The maximum atomic E-state index is 12.0. The molecule has 0 aliphatic carbocycles. The van der Waals surface area contributed by atoms with Gasteiger partial charge in [0.15, 0.2) is 6.61 Å². The quantitative estimate of drug-likeness (QED) is 0.718. The lowest BCUT2D eigenvalue weighted by atomic mass is 10.1. The first-order valence-corrected chi connectivity index (χ1v) is 7.99. The average molecular weight is 342 g/mol. The molecule has 130 valence electrons. The summed E-state index contributed by atoms with van der Waals surface area (Å²) in [5.41, 5.74) is 1.07. The number of rotatable bonds is 5. The van der Waals surface area contributed by atoms with Crippen LogP contribution in [0.1, 0.15) is 29.4 Å². The third kappa shape index (κ3) is 3.55. The summed E-state index contributed by atoms with van der Waals surface area (Å²) in [6.07, 6.45) is 1.69. The lowest BCUT2D eigenvalue weighted by Crippen LogP contribution is -2.28. The van der Waals surface area contributed by atoms with Gasteiger partial charge >= 0.3 is 5.63 Å². The van der Waals surface area contributed by atoms with Crippen molar-refractivity contribution in [1.82, 2.24) is 9.78 Å². The first-order valence-electron chi connectivity index (χ1n) is 7.99. The molecule has 0 bridgehead atoms. The van der Waals surface area contributed by atoms with Crippen LogP contribution in [-0.2, 0) is 6.42 Å². The fraction of sp³-hybridized carbons (Fsp3) is 0.278. The second-order valence-corrected chi connectivity index (χ2v) is 5.79. The van der Waals surface area contributed by atoms with Crippen molar-refractivity contribution in [1.29, 1.82) is 0 Å². The summed E-state index contributed by atoms with van der Waals surface area (Å²) < 4.78 is 11.6. The predicted molar refractivity (Wildman–Crippen MR) is 92.4 cm³/mol. The van der Waals surface area contributed by atoms with E-state index in [0.717, 1.165) is 28.5 Å². The number of hydrogen-bond acceptors (Lipinski definition) is 5. The standard InChI is InChI=1S/C18H18N2O5/c1-3-4-12-8-18(23)25-15-9-13(5-6-14(12)15)24-10-17(22)20-16(21)7-11(2)19-20/h5-9,19H,3-4,10H2,1-2H3. The van der Waals surface area contributed by atoms with Crippen LogP contribution in [0.15, 0.2) is 44.3 Å². The van der Waals surface area contributed by atoms with Crippen LogP contribution in [0, 0.1) is 6.92 Å². The number of aromatic nitrogens is 2. The maximum absolute atomic E-state index is 12.0. The molecule has 0 unspecified atom stereocenters. The number of benzene rings is 1. The molecule has 0 saturated carbocycles. The summed E-state index contributed by atoms with van der Waals surface area (Å²) in [5.74, 6) is -0.131. The van der Waals surface area contributed by atoms with Crippen LogP contribution in [0.5, 0.6) is 5.75 Å². The van der Waals surface area contributed by atoms with Crippen molar-refractivity contribution in [3.63, 3.8) is 0 Å². The SMILES string of the molecule is CCCc1cc(=O)oc2cc(OCC(=O)n3[nH]c(C)cc3=O)ccc12. The molecule has 1 N–H and O–H groups in total. The fourth-order valence-electron chi connectivity index (χ4n) is 2.68. The van der Waals surface area contributed by atoms with E-state index >= 15 is 0 Å². The molecule has 0 saturated heterocycles. The highest BCUT2D eigenvalue weighted by Gasteiger charge is 2.11. The highest BCUT2D eigenvalue weighted by Crippen LogP contribution is 2.23. The second kappa shape index (κ2) is 6.80. The molecule has 1 aromatic carbocycles. The number of H-pyrrole nitrogens is 1. The van der Waals surface area contributed by atoms with Crippen LogP contribution in [0.4, 0.5) is 0 Å². The number of ether oxygens (including phenoxy) is 1. The zero-order valence-corrected chi connectivity index (χ0v) is 14.0. The van der Waals surface area contributed by atoms with Crippen LogP contribution in [0.25, 0.3) is 11.0 Å². The van der Waals surface area contributed by atoms with Gasteiger partial charge in [-0.2, -0.15) is 4.68 Å². The van der Waals surface area contributed by atoms with E-state index in [1.807, 2.05) is 6.92 Å². The van der Waals surface area contributed by atoms with Crippen molar-refractivity contribution >= 4 is 16.9 Å². The molecule has 3 aromatic rings. The third-order valence-electron chi connectivity index (χ3n) is 3.78. The van der Waals surface area contributed by atoms with Crippen molar-refractivity contribution in [2.45, 2.75) is 26.7 Å². The van der Waals surface area contributed by atoms with Crippen molar-refractivity contribution in [3.05, 3.63) is 62.4 Å². The van der Waals surface area contributed by atoms with Gasteiger partial charge in [-0.15, -0.1) is 0 Å². The Hall–Kier alpha value is -3.09. The minimum Gasteiger partial charge on any atom is -0.484 e. The lowest BCUT2D eigenvalue weighted by molar-refractivity contribution is 0.0816. The highest BCUT2D eigenvalue weighted by molar-refractivity contribution is 5.82. The summed E-state index contributed by atoms with van der Waals surface area (Å²) >= 11 is 0. The van der Waals surface area contributed by atoms with Gasteiger partial charge in [-0.05, 0) is 31.0 Å². The molecule has 3 rings (SSSR count). The smallest absolute Gasteiger partial charge is 0.336 e. The average Bonchev–Trinajstić information content (AvgIpc) is 2.91. The number of hydrogen-bond donors (Lipinski definition) is 1. The summed E-state index contributed by atoms with van der Waals surface area (Å²) in [7, 11) is 0. The van der Waals surface area contributed by atoms with Gasteiger partial charge in [-0.1, -0.05) is 13.3 Å². The molecular formula is C18H18N2O5. The number of nitrogens with zero attached hydrogens (tertiary/aromatic N) is 1. The van der Waals surface area contributed by atoms with Gasteiger partial charge in [0.05, 0.1) is 0 Å². The predicted octanol–water partition coefficient (Wildman–Crippen LogP) is 2.26. The molecule has 7 heteroatoms. The Kier molecular flexibility index (Phi) is 4.56. The summed E-state index contributed by atoms with van der Waals surface area (Å²) in [4.78, 5) is 35.3. The molecule has 2 aromatic heterocycles. The molecule has 0 atom stereocenters. The third-order valence-corrected chi connectivity index (χ3v) is 3.78. The fourth-order valence-corrected chi connectivity index (χ4v) is 2.68. The Morgan fingerprint density at radius 2 is 2.04 bits per heavy atom. The number of carbonyl (C=O) groups is 1. The van der Waals surface area contributed by atoms with Crippen molar-refractivity contribution < 1.29 is 13.9 Å². The molecule has 0 fully saturated rings. The van der Waals surface area contributed by atoms with Gasteiger partial charge in [-0.3, -0.25) is 14.7 Å². The van der Waals surface area contributed by atoms with Gasteiger partial charge in [0.2, 0.25) is 0 Å². The van der Waals surface area contributed by atoms with Crippen LogP contribution >= 0.6 is 0 Å². The topological polar surface area (TPSA) is 94.3 Å². The summed E-state index contributed by atoms with van der Waals surface area (Å²) in [6, 6.07) is 7.91. The molecule has 25 heavy (non-hydrogen) atoms. The van der Waals surface area contributed by atoms with E-state index in [4.69, 9.17) is 9.15 Å². The van der Waals surface area contributed by atoms with E-state index in [0.29, 0.717) is 17.0 Å². The number of carbonyl (C=O) groups excluding carboxylic acids is 1. The van der Waals surface area contributed by atoms with Crippen LogP contribution in [-0.4, -0.2) is 22.3 Å². The minimum absolute atomic E-state index is 0.315. The molecule has 0 radical (unpaired) electrons. The van der Waals surface area contributed by atoms with Crippen molar-refractivity contribution in [2.75, 3.05) is 6.61 Å². The lowest BCUT2D eigenvalue weighted by Gasteiger charge is -2.08. The van der Waals surface area contributed by atoms with Gasteiger partial charge in [0.25, 0.3) is 11.5 Å². The molecule has 0 amide bonds. The van der Waals surface area contributed by atoms with Crippen molar-refractivity contribution in [2.24, 2.45) is 0 Å². The number of fused-ring (bicyclic) bond motifs is 1. The van der Waals surface area contributed by atoms with Crippen molar-refractivity contribution in [3.8, 4) is 5.75 Å². The van der Waals surface area contributed by atoms with Crippen LogP contribution in [0.2, 0.25) is 0 Å². The van der Waals surface area contributed by atoms with Crippen LogP contribution < -0.4 is 15.9 Å². The van der Waals surface area contributed by atoms with Gasteiger partial charge in [-0.25, -0.2) is 4.79 Å². The zero-order chi connectivity index (χ0) is 18.0. The number of aromatic amines is 1. The van der Waals surface area contributed by atoms with E-state index in [1.165, 1.54) is 12.1 Å². The Morgan fingerprint density at radius 1 is 1.24 bits per heavy atom. The Bertz CT molecular complexity index is 1040. The molecule has 2 heterocycles. The van der Waals surface area contributed by atoms with E-state index in [-0.39, 0.29) is 6.61 Å². The number of aryl methyl sites for hydroxylation is 2. The molecule has 7 nitrogen and oxygen atoms in total. The number of nitrogens with one attached hydrogen (secondary N) is 1. The van der Waals surface area contributed by atoms with Gasteiger partial charge in [0, 0.05) is 29.3 Å². The Morgan fingerprint density at radius 3 is 2.72 bits per heavy atom. The molecular weight excluding hydrogens is 324 g/mol. The normalized spacial score (nSPS) is 11.0. The second-order valence-electron chi connectivity index (χ2n) is 5.79. The summed E-state index contributed by atoms with van der Waals surface area (Å²) in [5, 5.41) is 3.50. The molecule has 0 aliphatic heterocycles. The van der Waals surface area contributed by atoms with Gasteiger partial charge in [0.1, 0.15) is 11.3 Å². The molecule has 0 aliphatic rings. The first kappa shape index (κ1) is 16.8. The maximum Gasteiger partial charge on any atom is 0.336 e. The monoisotopic (exact) mass is 342 g/mol. The first-order chi connectivity index (χ1) is 12.0. The summed E-state index contributed by atoms with van der Waals surface area (Å²) in [6.45, 7) is 3.41. The molecule has 0 spiro atoms. The van der Waals surface area contributed by atoms with Crippen LogP contribution in [0.3, 0.4) is 0 Å². The van der Waals surface area contributed by atoms with E-state index in [9.17, 15) is 14.4 Å². The van der Waals surface area contributed by atoms with Gasteiger partial charge < -0.3 is 9.15 Å². The zero-order valence-electron chi connectivity index (χ0n) is 14.0. The largest absolute Gasteiger partial charge is 0.484 e. The van der Waals surface area contributed by atoms with E-state index in [2.05, 4.69) is 5.10 Å². The Balaban J connectivity index is 1.82. The van der Waals surface area contributed by atoms with E-state index < -0.39 is 17.1 Å². The Labute approximate surface area is 142 Å².